The number of aliphatic hydroxyl groups is 1. The van der Waals surface area contributed by atoms with Crippen molar-refractivity contribution in [3.63, 3.8) is 0 Å². The number of hydrogen-bond donors (Lipinski definition) is 1. The first-order chi connectivity index (χ1) is 12.5. The summed E-state index contributed by atoms with van der Waals surface area (Å²) >= 11 is 0. The van der Waals surface area contributed by atoms with Gasteiger partial charge < -0.3 is 9.84 Å². The Morgan fingerprint density at radius 2 is 2.00 bits per heavy atom. The van der Waals surface area contributed by atoms with E-state index in [1.165, 1.54) is 11.1 Å². The fourth-order valence-corrected chi connectivity index (χ4v) is 4.64. The van der Waals surface area contributed by atoms with Gasteiger partial charge in [-0.3, -0.25) is 0 Å². The molecule has 2 aliphatic carbocycles. The molecule has 26 heavy (non-hydrogen) atoms. The normalized spacial score (nSPS) is 36.0. The van der Waals surface area contributed by atoms with Gasteiger partial charge in [0, 0.05) is 5.92 Å². The van der Waals surface area contributed by atoms with Crippen LogP contribution < -0.4 is 0 Å². The molecular formula is C24H36O2. The summed E-state index contributed by atoms with van der Waals surface area (Å²) in [7, 11) is 0. The molecule has 6 atom stereocenters. The SMILES string of the molecule is C=C(C)[C@@H]1CCC(C)=C[C@H]1C1C(O)CC(/C=C/C=C/C)CC1O/C=C/C. The quantitative estimate of drug-likeness (QED) is 0.361. The van der Waals surface area contributed by atoms with E-state index in [9.17, 15) is 5.11 Å². The van der Waals surface area contributed by atoms with Gasteiger partial charge in [-0.1, -0.05) is 54.2 Å². The Morgan fingerprint density at radius 1 is 1.23 bits per heavy atom. The molecule has 0 aromatic rings. The molecule has 1 N–H and O–H groups in total. The van der Waals surface area contributed by atoms with Gasteiger partial charge in [-0.25, -0.2) is 0 Å². The lowest BCUT2D eigenvalue weighted by Crippen LogP contribution is -2.46. The molecule has 0 aromatic heterocycles. The van der Waals surface area contributed by atoms with E-state index in [2.05, 4.69) is 38.7 Å². The Bertz CT molecular complexity index is 581. The van der Waals surface area contributed by atoms with Gasteiger partial charge in [-0.15, -0.1) is 0 Å². The molecule has 0 aromatic carbocycles. The zero-order valence-electron chi connectivity index (χ0n) is 16.9. The topological polar surface area (TPSA) is 29.5 Å². The lowest BCUT2D eigenvalue weighted by Gasteiger charge is -2.45. The maximum absolute atomic E-state index is 11.1. The zero-order chi connectivity index (χ0) is 19.1. The highest BCUT2D eigenvalue weighted by atomic mass is 16.5. The molecule has 0 aliphatic heterocycles. The molecule has 2 rings (SSSR count). The monoisotopic (exact) mass is 356 g/mol. The van der Waals surface area contributed by atoms with Crippen LogP contribution in [0.3, 0.4) is 0 Å². The smallest absolute Gasteiger partial charge is 0.104 e. The number of aliphatic hydroxyl groups excluding tert-OH is 1. The second-order valence-electron chi connectivity index (χ2n) is 8.01. The first-order valence-corrected chi connectivity index (χ1v) is 10.0. The highest BCUT2D eigenvalue weighted by Gasteiger charge is 2.44. The Kier molecular flexibility index (Phi) is 7.96. The molecule has 4 unspecified atom stereocenters. The van der Waals surface area contributed by atoms with Gasteiger partial charge in [0.2, 0.25) is 0 Å². The second kappa shape index (κ2) is 9.97. The van der Waals surface area contributed by atoms with Crippen LogP contribution in [0.25, 0.3) is 0 Å². The van der Waals surface area contributed by atoms with E-state index in [1.807, 2.05) is 32.1 Å². The van der Waals surface area contributed by atoms with Crippen LogP contribution in [0.4, 0.5) is 0 Å². The van der Waals surface area contributed by atoms with Crippen LogP contribution in [-0.4, -0.2) is 17.3 Å². The minimum absolute atomic E-state index is 0.0317. The molecule has 1 fully saturated rings. The lowest BCUT2D eigenvalue weighted by atomic mass is 9.64. The maximum Gasteiger partial charge on any atom is 0.104 e. The van der Waals surface area contributed by atoms with Crippen molar-refractivity contribution in [3.8, 4) is 0 Å². The molecule has 0 radical (unpaired) electrons. The lowest BCUT2D eigenvalue weighted by molar-refractivity contribution is -0.0688. The first-order valence-electron chi connectivity index (χ1n) is 10.0. The summed E-state index contributed by atoms with van der Waals surface area (Å²) in [6.45, 7) is 12.6. The molecular weight excluding hydrogens is 320 g/mol. The van der Waals surface area contributed by atoms with Gasteiger partial charge >= 0.3 is 0 Å². The van der Waals surface area contributed by atoms with Crippen LogP contribution in [0.15, 0.2) is 60.4 Å². The first kappa shape index (κ1) is 20.8. The van der Waals surface area contributed by atoms with Crippen LogP contribution >= 0.6 is 0 Å². The number of rotatable bonds is 6. The third-order valence-corrected chi connectivity index (χ3v) is 5.90. The van der Waals surface area contributed by atoms with E-state index in [1.54, 1.807) is 6.26 Å². The van der Waals surface area contributed by atoms with Gasteiger partial charge in [0.1, 0.15) is 6.10 Å². The van der Waals surface area contributed by atoms with Crippen molar-refractivity contribution in [3.05, 3.63) is 60.4 Å². The van der Waals surface area contributed by atoms with E-state index < -0.39 is 0 Å². The largest absolute Gasteiger partial charge is 0.498 e. The van der Waals surface area contributed by atoms with Crippen LogP contribution in [0.5, 0.6) is 0 Å². The summed E-state index contributed by atoms with van der Waals surface area (Å²) in [5, 5.41) is 11.1. The molecule has 2 nitrogen and oxygen atoms in total. The maximum atomic E-state index is 11.1. The third-order valence-electron chi connectivity index (χ3n) is 5.90. The Labute approximate surface area is 160 Å². The molecule has 144 valence electrons. The van der Waals surface area contributed by atoms with Gasteiger partial charge in [0.15, 0.2) is 0 Å². The molecule has 2 heteroatoms. The van der Waals surface area contributed by atoms with Gasteiger partial charge in [0.05, 0.1) is 12.4 Å². The molecule has 0 bridgehead atoms. The predicted molar refractivity (Wildman–Crippen MR) is 111 cm³/mol. The summed E-state index contributed by atoms with van der Waals surface area (Å²) in [5.41, 5.74) is 2.66. The van der Waals surface area contributed by atoms with E-state index in [0.29, 0.717) is 17.8 Å². The number of ether oxygens (including phenoxy) is 1. The highest BCUT2D eigenvalue weighted by Crippen LogP contribution is 2.45. The molecule has 0 amide bonds. The van der Waals surface area contributed by atoms with Crippen LogP contribution in [0.1, 0.15) is 53.4 Å². The third kappa shape index (κ3) is 5.23. The van der Waals surface area contributed by atoms with Crippen molar-refractivity contribution >= 4 is 0 Å². The minimum Gasteiger partial charge on any atom is -0.498 e. The van der Waals surface area contributed by atoms with E-state index in [4.69, 9.17) is 4.74 Å². The van der Waals surface area contributed by atoms with Crippen molar-refractivity contribution < 1.29 is 9.84 Å². The van der Waals surface area contributed by atoms with E-state index in [0.717, 1.165) is 25.7 Å². The van der Waals surface area contributed by atoms with E-state index >= 15 is 0 Å². The Balaban J connectivity index is 2.28. The molecule has 0 saturated heterocycles. The van der Waals surface area contributed by atoms with Crippen molar-refractivity contribution in [1.29, 1.82) is 0 Å². The highest BCUT2D eigenvalue weighted by molar-refractivity contribution is 5.18. The molecule has 0 spiro atoms. The van der Waals surface area contributed by atoms with Gasteiger partial charge in [-0.2, -0.15) is 0 Å². The van der Waals surface area contributed by atoms with Gasteiger partial charge in [0.25, 0.3) is 0 Å². The summed E-state index contributed by atoms with van der Waals surface area (Å²) in [5.74, 6) is 1.22. The molecule has 0 heterocycles. The predicted octanol–water partition coefficient (Wildman–Crippen LogP) is 5.97. The molecule has 2 aliphatic rings. The van der Waals surface area contributed by atoms with Crippen molar-refractivity contribution in [2.45, 2.75) is 65.6 Å². The Morgan fingerprint density at radius 3 is 2.65 bits per heavy atom. The van der Waals surface area contributed by atoms with Crippen LogP contribution in [0, 0.1) is 23.7 Å². The average Bonchev–Trinajstić information content (AvgIpc) is 2.59. The standard InChI is InChI=1S/C24H36O2/c1-6-8-9-10-19-15-22(25)24(23(16-19)26-13-7-2)21-14-18(5)11-12-20(21)17(3)4/h6-10,13-14,19-25H,3,11-12,15-16H2,1-2,4-5H3/b8-6+,10-9+,13-7+/t19?,20-,21+,22?,23?,24?/m0/s1. The van der Waals surface area contributed by atoms with Crippen molar-refractivity contribution in [2.75, 3.05) is 0 Å². The molecule has 1 saturated carbocycles. The second-order valence-corrected chi connectivity index (χ2v) is 8.01. The minimum atomic E-state index is -0.353. The zero-order valence-corrected chi connectivity index (χ0v) is 16.9. The Hall–Kier alpha value is -1.54. The van der Waals surface area contributed by atoms with E-state index in [-0.39, 0.29) is 18.1 Å². The van der Waals surface area contributed by atoms with Crippen molar-refractivity contribution in [1.82, 2.24) is 0 Å². The van der Waals surface area contributed by atoms with Crippen LogP contribution in [-0.2, 0) is 4.74 Å². The average molecular weight is 357 g/mol. The van der Waals surface area contributed by atoms with Gasteiger partial charge in [-0.05, 0) is 71.1 Å². The number of allylic oxidation sites excluding steroid dienone is 8. The summed E-state index contributed by atoms with van der Waals surface area (Å²) < 4.78 is 6.12. The fourth-order valence-electron chi connectivity index (χ4n) is 4.64. The summed E-state index contributed by atoms with van der Waals surface area (Å²) in [6, 6.07) is 0. The number of hydrogen-bond acceptors (Lipinski definition) is 2. The fraction of sp³-hybridized carbons (Fsp3) is 0.583. The summed E-state index contributed by atoms with van der Waals surface area (Å²) in [6.07, 6.45) is 18.2. The summed E-state index contributed by atoms with van der Waals surface area (Å²) in [4.78, 5) is 0. The van der Waals surface area contributed by atoms with Crippen LogP contribution in [0.2, 0.25) is 0 Å². The van der Waals surface area contributed by atoms with Crippen molar-refractivity contribution in [2.24, 2.45) is 23.7 Å².